The molecule has 0 spiro atoms. The Kier molecular flexibility index (Phi) is 5.41. The largest absolute Gasteiger partial charge is 0.392 e. The van der Waals surface area contributed by atoms with Gasteiger partial charge in [0.2, 0.25) is 0 Å². The van der Waals surface area contributed by atoms with Gasteiger partial charge in [0, 0.05) is 13.1 Å². The van der Waals surface area contributed by atoms with Gasteiger partial charge >= 0.3 is 0 Å². The maximum atomic E-state index is 9.79. The van der Waals surface area contributed by atoms with E-state index in [9.17, 15) is 5.11 Å². The first-order valence-corrected chi connectivity index (χ1v) is 7.74. The first-order valence-electron chi connectivity index (χ1n) is 7.74. The van der Waals surface area contributed by atoms with Crippen molar-refractivity contribution in [2.45, 2.75) is 58.6 Å². The molecule has 0 saturated carbocycles. The molecule has 2 rings (SSSR count). The van der Waals surface area contributed by atoms with E-state index in [2.05, 4.69) is 30.0 Å². The lowest BCUT2D eigenvalue weighted by Crippen LogP contribution is -2.31. The molecular formula is C17H27NO. The van der Waals surface area contributed by atoms with Crippen LogP contribution in [0.25, 0.3) is 0 Å². The van der Waals surface area contributed by atoms with E-state index in [1.54, 1.807) is 11.1 Å². The van der Waals surface area contributed by atoms with Crippen LogP contribution in [-0.2, 0) is 19.4 Å². The highest BCUT2D eigenvalue weighted by molar-refractivity contribution is 5.33. The third-order valence-electron chi connectivity index (χ3n) is 4.21. The third kappa shape index (κ3) is 4.05. The van der Waals surface area contributed by atoms with Crippen LogP contribution in [0.1, 0.15) is 49.8 Å². The van der Waals surface area contributed by atoms with Crippen molar-refractivity contribution in [3.05, 3.63) is 34.9 Å². The van der Waals surface area contributed by atoms with Crippen molar-refractivity contribution in [3.63, 3.8) is 0 Å². The molecule has 2 nitrogen and oxygen atoms in total. The Morgan fingerprint density at radius 2 is 1.89 bits per heavy atom. The van der Waals surface area contributed by atoms with Crippen LogP contribution < -0.4 is 0 Å². The van der Waals surface area contributed by atoms with Gasteiger partial charge in [0.15, 0.2) is 0 Å². The molecule has 0 fully saturated rings. The first-order chi connectivity index (χ1) is 9.22. The smallest absolute Gasteiger partial charge is 0.0664 e. The van der Waals surface area contributed by atoms with Crippen molar-refractivity contribution in [1.29, 1.82) is 0 Å². The molecule has 19 heavy (non-hydrogen) atoms. The zero-order chi connectivity index (χ0) is 13.7. The van der Waals surface area contributed by atoms with Crippen molar-refractivity contribution in [1.82, 2.24) is 4.90 Å². The van der Waals surface area contributed by atoms with E-state index in [1.165, 1.54) is 31.2 Å². The molecule has 0 saturated heterocycles. The minimum atomic E-state index is -0.197. The second kappa shape index (κ2) is 7.06. The number of rotatable bonds is 6. The van der Waals surface area contributed by atoms with Gasteiger partial charge in [-0.05, 0) is 55.3 Å². The summed E-state index contributed by atoms with van der Waals surface area (Å²) in [6.07, 6.45) is 5.81. The maximum Gasteiger partial charge on any atom is 0.0664 e. The van der Waals surface area contributed by atoms with Crippen molar-refractivity contribution in [2.75, 3.05) is 13.1 Å². The summed E-state index contributed by atoms with van der Waals surface area (Å²) in [5, 5.41) is 9.79. The predicted octanol–water partition coefficient (Wildman–Crippen LogP) is 3.16. The molecule has 0 aromatic heterocycles. The highest BCUT2D eigenvalue weighted by Crippen LogP contribution is 2.22. The van der Waals surface area contributed by atoms with E-state index in [0.29, 0.717) is 0 Å². The minimum absolute atomic E-state index is 0.197. The fraction of sp³-hybridized carbons (Fsp3) is 0.647. The number of hydrogen-bond acceptors (Lipinski definition) is 2. The molecule has 1 aromatic rings. The van der Waals surface area contributed by atoms with Gasteiger partial charge in [-0.3, -0.25) is 4.90 Å². The normalized spacial score (nSPS) is 16.4. The fourth-order valence-electron chi connectivity index (χ4n) is 2.88. The summed E-state index contributed by atoms with van der Waals surface area (Å²) in [5.74, 6) is 0. The van der Waals surface area contributed by atoms with Crippen molar-refractivity contribution < 1.29 is 5.11 Å². The molecule has 1 atom stereocenters. The Hall–Kier alpha value is -0.860. The summed E-state index contributed by atoms with van der Waals surface area (Å²) in [4.78, 5) is 2.33. The predicted molar refractivity (Wildman–Crippen MR) is 80.3 cm³/mol. The standard InChI is InChI=1S/C17H27NO/c1-3-17(19)13-18(4-2)12-14-9-10-15-7-5-6-8-16(15)11-14/h9-11,17,19H,3-8,12-13H2,1-2H3. The lowest BCUT2D eigenvalue weighted by molar-refractivity contribution is 0.108. The van der Waals surface area contributed by atoms with Gasteiger partial charge < -0.3 is 5.11 Å². The molecule has 0 amide bonds. The van der Waals surface area contributed by atoms with Crippen LogP contribution in [0.4, 0.5) is 0 Å². The summed E-state index contributed by atoms with van der Waals surface area (Å²) >= 11 is 0. The minimum Gasteiger partial charge on any atom is -0.392 e. The molecule has 0 bridgehead atoms. The van der Waals surface area contributed by atoms with Gasteiger partial charge in [0.25, 0.3) is 0 Å². The first kappa shape index (κ1) is 14.5. The Bertz CT molecular complexity index is 402. The number of benzene rings is 1. The number of aliphatic hydroxyl groups is 1. The van der Waals surface area contributed by atoms with E-state index in [0.717, 1.165) is 26.1 Å². The lowest BCUT2D eigenvalue weighted by Gasteiger charge is -2.24. The molecule has 0 heterocycles. The van der Waals surface area contributed by atoms with Crippen LogP contribution in [-0.4, -0.2) is 29.2 Å². The molecule has 1 aliphatic carbocycles. The molecular weight excluding hydrogens is 234 g/mol. The van der Waals surface area contributed by atoms with Gasteiger partial charge in [-0.1, -0.05) is 32.0 Å². The lowest BCUT2D eigenvalue weighted by atomic mass is 9.90. The number of likely N-dealkylation sites (N-methyl/N-ethyl adjacent to an activating group) is 1. The van der Waals surface area contributed by atoms with Crippen LogP contribution >= 0.6 is 0 Å². The summed E-state index contributed by atoms with van der Waals surface area (Å²) < 4.78 is 0. The Morgan fingerprint density at radius 3 is 2.58 bits per heavy atom. The molecule has 1 N–H and O–H groups in total. The SMILES string of the molecule is CCC(O)CN(CC)Cc1ccc2c(c1)CCCC2. The molecule has 0 radical (unpaired) electrons. The van der Waals surface area contributed by atoms with E-state index in [-0.39, 0.29) is 6.10 Å². The van der Waals surface area contributed by atoms with Crippen molar-refractivity contribution >= 4 is 0 Å². The van der Waals surface area contributed by atoms with Gasteiger partial charge in [0.1, 0.15) is 0 Å². The van der Waals surface area contributed by atoms with Gasteiger partial charge in [-0.15, -0.1) is 0 Å². The highest BCUT2D eigenvalue weighted by atomic mass is 16.3. The molecule has 1 aromatic carbocycles. The van der Waals surface area contributed by atoms with E-state index in [4.69, 9.17) is 0 Å². The molecule has 106 valence electrons. The number of nitrogens with zero attached hydrogens (tertiary/aromatic N) is 1. The molecule has 1 aliphatic rings. The summed E-state index contributed by atoms with van der Waals surface area (Å²) in [7, 11) is 0. The highest BCUT2D eigenvalue weighted by Gasteiger charge is 2.12. The van der Waals surface area contributed by atoms with Crippen molar-refractivity contribution in [2.24, 2.45) is 0 Å². The number of fused-ring (bicyclic) bond motifs is 1. The third-order valence-corrected chi connectivity index (χ3v) is 4.21. The molecule has 1 unspecified atom stereocenters. The molecule has 2 heteroatoms. The fourth-order valence-corrected chi connectivity index (χ4v) is 2.88. The maximum absolute atomic E-state index is 9.79. The van der Waals surface area contributed by atoms with Crippen LogP contribution in [0.5, 0.6) is 0 Å². The van der Waals surface area contributed by atoms with Crippen LogP contribution in [0.2, 0.25) is 0 Å². The number of aliphatic hydroxyl groups excluding tert-OH is 1. The topological polar surface area (TPSA) is 23.5 Å². The zero-order valence-corrected chi connectivity index (χ0v) is 12.4. The second-order valence-corrected chi connectivity index (χ2v) is 5.70. The Balaban J connectivity index is 2.01. The molecule has 0 aliphatic heterocycles. The summed E-state index contributed by atoms with van der Waals surface area (Å²) in [5.41, 5.74) is 4.49. The van der Waals surface area contributed by atoms with E-state index < -0.39 is 0 Å². The average molecular weight is 261 g/mol. The van der Waals surface area contributed by atoms with E-state index >= 15 is 0 Å². The van der Waals surface area contributed by atoms with Crippen LogP contribution in [0.3, 0.4) is 0 Å². The van der Waals surface area contributed by atoms with Crippen LogP contribution in [0, 0.1) is 0 Å². The summed E-state index contributed by atoms with van der Waals surface area (Å²) in [6.45, 7) is 6.94. The van der Waals surface area contributed by atoms with Gasteiger partial charge in [-0.25, -0.2) is 0 Å². The Labute approximate surface area is 117 Å². The Morgan fingerprint density at radius 1 is 1.16 bits per heavy atom. The monoisotopic (exact) mass is 261 g/mol. The number of aryl methyl sites for hydroxylation is 2. The van der Waals surface area contributed by atoms with E-state index in [1.807, 2.05) is 6.92 Å². The average Bonchev–Trinajstić information content (AvgIpc) is 2.46. The van der Waals surface area contributed by atoms with Gasteiger partial charge in [0.05, 0.1) is 6.10 Å². The second-order valence-electron chi connectivity index (χ2n) is 5.70. The quantitative estimate of drug-likeness (QED) is 0.850. The zero-order valence-electron chi connectivity index (χ0n) is 12.4. The summed E-state index contributed by atoms with van der Waals surface area (Å²) in [6, 6.07) is 6.97. The van der Waals surface area contributed by atoms with Gasteiger partial charge in [-0.2, -0.15) is 0 Å². The number of hydrogen-bond donors (Lipinski definition) is 1. The van der Waals surface area contributed by atoms with Crippen molar-refractivity contribution in [3.8, 4) is 0 Å². The van der Waals surface area contributed by atoms with Crippen LogP contribution in [0.15, 0.2) is 18.2 Å².